The van der Waals surface area contributed by atoms with Crippen molar-refractivity contribution in [3.8, 4) is 0 Å². The lowest BCUT2D eigenvalue weighted by Crippen LogP contribution is -2.44. The second-order valence-corrected chi connectivity index (χ2v) is 6.41. The summed E-state index contributed by atoms with van der Waals surface area (Å²) in [7, 11) is 0. The van der Waals surface area contributed by atoms with Crippen molar-refractivity contribution >= 4 is 29.9 Å². The molecule has 22 heavy (non-hydrogen) atoms. The minimum absolute atomic E-state index is 0. The number of benzene rings is 1. The largest absolute Gasteiger partial charge is 0.357 e. The Hall–Kier alpha value is -0.780. The van der Waals surface area contributed by atoms with Gasteiger partial charge >= 0.3 is 0 Å². The van der Waals surface area contributed by atoms with Crippen LogP contribution >= 0.6 is 24.0 Å². The molecule has 124 valence electrons. The quantitative estimate of drug-likeness (QED) is 0.419. The molecule has 1 aromatic carbocycles. The molecule has 0 aromatic heterocycles. The normalized spacial score (nSPS) is 22.0. The van der Waals surface area contributed by atoms with E-state index in [4.69, 9.17) is 4.99 Å². The van der Waals surface area contributed by atoms with Gasteiger partial charge in [-0.05, 0) is 43.6 Å². The predicted molar refractivity (Wildman–Crippen MR) is 106 cm³/mol. The summed E-state index contributed by atoms with van der Waals surface area (Å²) in [5, 5.41) is 6.84. The third-order valence-corrected chi connectivity index (χ3v) is 4.34. The Balaban J connectivity index is 0.00000242. The van der Waals surface area contributed by atoms with Crippen LogP contribution in [0.3, 0.4) is 0 Å². The van der Waals surface area contributed by atoms with Gasteiger partial charge < -0.3 is 10.6 Å². The fraction of sp³-hybridized carbons (Fsp3) is 0.611. The van der Waals surface area contributed by atoms with Crippen LogP contribution in [0.5, 0.6) is 0 Å². The molecule has 0 amide bonds. The van der Waals surface area contributed by atoms with Crippen molar-refractivity contribution < 1.29 is 0 Å². The number of nitrogens with one attached hydrogen (secondary N) is 2. The molecule has 3 atom stereocenters. The standard InChI is InChI=1S/C18H29N3.HI/c1-5-19-18(21-14(4)13(2)3)20-12-16-11-17(16)15-9-7-6-8-10-15;/h6-10,13-14,16-17H,5,11-12H2,1-4H3,(H2,19,20,21);1H. The molecule has 1 aliphatic rings. The summed E-state index contributed by atoms with van der Waals surface area (Å²) in [4.78, 5) is 4.77. The Bertz CT molecular complexity index is 459. The SMILES string of the molecule is CCNC(=NCC1CC1c1ccccc1)NC(C)C(C)C.I. The Kier molecular flexibility index (Phi) is 8.21. The van der Waals surface area contributed by atoms with Crippen LogP contribution in [0.1, 0.15) is 45.6 Å². The van der Waals surface area contributed by atoms with Gasteiger partial charge in [0.05, 0.1) is 0 Å². The van der Waals surface area contributed by atoms with Crippen LogP contribution < -0.4 is 10.6 Å². The van der Waals surface area contributed by atoms with Crippen molar-refractivity contribution in [1.29, 1.82) is 0 Å². The van der Waals surface area contributed by atoms with Gasteiger partial charge in [-0.2, -0.15) is 0 Å². The zero-order chi connectivity index (χ0) is 15.2. The molecule has 1 saturated carbocycles. The summed E-state index contributed by atoms with van der Waals surface area (Å²) in [6, 6.07) is 11.2. The average molecular weight is 415 g/mol. The minimum atomic E-state index is 0. The van der Waals surface area contributed by atoms with Gasteiger partial charge in [-0.1, -0.05) is 44.2 Å². The van der Waals surface area contributed by atoms with E-state index in [-0.39, 0.29) is 24.0 Å². The molecule has 3 unspecified atom stereocenters. The number of guanidine groups is 1. The molecule has 1 aliphatic carbocycles. The number of hydrogen-bond acceptors (Lipinski definition) is 1. The van der Waals surface area contributed by atoms with Crippen molar-refractivity contribution in [3.63, 3.8) is 0 Å². The van der Waals surface area contributed by atoms with E-state index in [1.54, 1.807) is 0 Å². The number of aliphatic imine (C=N–C) groups is 1. The first-order chi connectivity index (χ1) is 10.1. The monoisotopic (exact) mass is 415 g/mol. The first-order valence-corrected chi connectivity index (χ1v) is 8.21. The van der Waals surface area contributed by atoms with Crippen LogP contribution in [-0.2, 0) is 0 Å². The van der Waals surface area contributed by atoms with Crippen molar-refractivity contribution in [3.05, 3.63) is 35.9 Å². The van der Waals surface area contributed by atoms with Gasteiger partial charge in [0.1, 0.15) is 0 Å². The molecule has 2 N–H and O–H groups in total. The maximum Gasteiger partial charge on any atom is 0.191 e. The topological polar surface area (TPSA) is 36.4 Å². The maximum absolute atomic E-state index is 4.77. The van der Waals surface area contributed by atoms with Gasteiger partial charge in [0, 0.05) is 19.1 Å². The van der Waals surface area contributed by atoms with E-state index in [9.17, 15) is 0 Å². The zero-order valence-corrected chi connectivity index (χ0v) is 16.5. The Morgan fingerprint density at radius 2 is 1.91 bits per heavy atom. The van der Waals surface area contributed by atoms with Gasteiger partial charge in [0.25, 0.3) is 0 Å². The van der Waals surface area contributed by atoms with Crippen molar-refractivity contribution in [2.45, 2.75) is 46.1 Å². The lowest BCUT2D eigenvalue weighted by molar-refractivity contribution is 0.480. The molecule has 0 aliphatic heterocycles. The second kappa shape index (κ2) is 9.38. The molecule has 3 nitrogen and oxygen atoms in total. The predicted octanol–water partition coefficient (Wildman–Crippen LogP) is 4.01. The van der Waals surface area contributed by atoms with Gasteiger partial charge in [-0.25, -0.2) is 0 Å². The van der Waals surface area contributed by atoms with E-state index < -0.39 is 0 Å². The highest BCUT2D eigenvalue weighted by molar-refractivity contribution is 14.0. The molecule has 0 bridgehead atoms. The summed E-state index contributed by atoms with van der Waals surface area (Å²) in [5.74, 6) is 2.97. The average Bonchev–Trinajstić information content (AvgIpc) is 3.25. The van der Waals surface area contributed by atoms with Crippen molar-refractivity contribution in [2.24, 2.45) is 16.8 Å². The minimum Gasteiger partial charge on any atom is -0.357 e. The molecule has 0 heterocycles. The van der Waals surface area contributed by atoms with Crippen molar-refractivity contribution in [2.75, 3.05) is 13.1 Å². The summed E-state index contributed by atoms with van der Waals surface area (Å²) in [6.45, 7) is 10.6. The summed E-state index contributed by atoms with van der Waals surface area (Å²) in [5.41, 5.74) is 1.46. The Morgan fingerprint density at radius 3 is 2.50 bits per heavy atom. The Morgan fingerprint density at radius 1 is 1.23 bits per heavy atom. The van der Waals surface area contributed by atoms with Gasteiger partial charge in [-0.15, -0.1) is 24.0 Å². The third-order valence-electron chi connectivity index (χ3n) is 4.34. The van der Waals surface area contributed by atoms with Crippen LogP contribution in [0.25, 0.3) is 0 Å². The highest BCUT2D eigenvalue weighted by atomic mass is 127. The van der Waals surface area contributed by atoms with E-state index in [1.165, 1.54) is 12.0 Å². The highest BCUT2D eigenvalue weighted by Gasteiger charge is 2.37. The second-order valence-electron chi connectivity index (χ2n) is 6.41. The molecule has 1 aromatic rings. The number of rotatable bonds is 6. The lowest BCUT2D eigenvalue weighted by atomic mass is 10.1. The molecular weight excluding hydrogens is 385 g/mol. The van der Waals surface area contributed by atoms with Gasteiger partial charge in [-0.3, -0.25) is 4.99 Å². The number of nitrogens with zero attached hydrogens (tertiary/aromatic N) is 1. The van der Waals surface area contributed by atoms with Crippen LogP contribution in [0.4, 0.5) is 0 Å². The lowest BCUT2D eigenvalue weighted by Gasteiger charge is -2.20. The molecule has 0 saturated heterocycles. The molecular formula is C18H30IN3. The van der Waals surface area contributed by atoms with Crippen LogP contribution in [-0.4, -0.2) is 25.1 Å². The summed E-state index contributed by atoms with van der Waals surface area (Å²) in [6.07, 6.45) is 1.27. The third kappa shape index (κ3) is 5.78. The molecule has 0 spiro atoms. The summed E-state index contributed by atoms with van der Waals surface area (Å²) < 4.78 is 0. The molecule has 4 heteroatoms. The van der Waals surface area contributed by atoms with Gasteiger partial charge in [0.15, 0.2) is 5.96 Å². The number of hydrogen-bond donors (Lipinski definition) is 2. The van der Waals surface area contributed by atoms with Crippen LogP contribution in [0.15, 0.2) is 35.3 Å². The van der Waals surface area contributed by atoms with Crippen molar-refractivity contribution in [1.82, 2.24) is 10.6 Å². The zero-order valence-electron chi connectivity index (χ0n) is 14.2. The van der Waals surface area contributed by atoms with E-state index >= 15 is 0 Å². The smallest absolute Gasteiger partial charge is 0.191 e. The van der Waals surface area contributed by atoms with E-state index in [0.29, 0.717) is 23.8 Å². The van der Waals surface area contributed by atoms with E-state index in [0.717, 1.165) is 19.0 Å². The molecule has 1 fully saturated rings. The van der Waals surface area contributed by atoms with E-state index in [2.05, 4.69) is 68.7 Å². The molecule has 0 radical (unpaired) electrons. The fourth-order valence-electron chi connectivity index (χ4n) is 2.47. The Labute approximate surface area is 152 Å². The fourth-order valence-corrected chi connectivity index (χ4v) is 2.47. The van der Waals surface area contributed by atoms with Gasteiger partial charge in [0.2, 0.25) is 0 Å². The number of halogens is 1. The molecule has 2 rings (SSSR count). The summed E-state index contributed by atoms with van der Waals surface area (Å²) >= 11 is 0. The van der Waals surface area contributed by atoms with E-state index in [1.807, 2.05) is 0 Å². The van der Waals surface area contributed by atoms with Crippen LogP contribution in [0.2, 0.25) is 0 Å². The van der Waals surface area contributed by atoms with Crippen LogP contribution in [0, 0.1) is 11.8 Å². The maximum atomic E-state index is 4.77. The first kappa shape index (κ1) is 19.3. The first-order valence-electron chi connectivity index (χ1n) is 8.21. The highest BCUT2D eigenvalue weighted by Crippen LogP contribution is 2.47.